The fraction of sp³-hybridized carbons (Fsp3) is 0.125. The smallest absolute Gasteiger partial charge is 0.221 e. The van der Waals surface area contributed by atoms with Gasteiger partial charge in [-0.05, 0) is 6.07 Å². The maximum Gasteiger partial charge on any atom is 0.221 e. The average Bonchev–Trinajstić information content (AvgIpc) is 2.50. The second kappa shape index (κ2) is 2.99. The van der Waals surface area contributed by atoms with Crippen molar-refractivity contribution in [3.63, 3.8) is 0 Å². The van der Waals surface area contributed by atoms with Crippen LogP contribution in [0.1, 0.15) is 6.92 Å². The molecular formula is C8H8N4O2. The molecule has 72 valence electrons. The molecular weight excluding hydrogens is 184 g/mol. The van der Waals surface area contributed by atoms with E-state index >= 15 is 0 Å². The van der Waals surface area contributed by atoms with Crippen LogP contribution < -0.4 is 5.32 Å². The minimum Gasteiger partial charge on any atom is -0.505 e. The molecule has 0 aliphatic carbocycles. The first kappa shape index (κ1) is 8.49. The normalized spacial score (nSPS) is 10.4. The number of fused-ring (bicyclic) bond motifs is 1. The summed E-state index contributed by atoms with van der Waals surface area (Å²) in [6.07, 6.45) is 0. The Morgan fingerprint density at radius 2 is 2.29 bits per heavy atom. The number of phenolic OH excluding ortho intramolecular Hbond substituents is 1. The lowest BCUT2D eigenvalue weighted by Crippen LogP contribution is -2.05. The van der Waals surface area contributed by atoms with E-state index in [2.05, 4.69) is 20.7 Å². The third kappa shape index (κ3) is 1.37. The molecule has 0 saturated heterocycles. The van der Waals surface area contributed by atoms with Crippen LogP contribution in [0.5, 0.6) is 5.75 Å². The maximum absolute atomic E-state index is 10.8. The van der Waals surface area contributed by atoms with Gasteiger partial charge in [-0.1, -0.05) is 0 Å². The van der Waals surface area contributed by atoms with Gasteiger partial charge in [-0.2, -0.15) is 15.4 Å². The molecule has 3 N–H and O–H groups in total. The van der Waals surface area contributed by atoms with Crippen molar-refractivity contribution >= 4 is 22.6 Å². The number of amides is 1. The van der Waals surface area contributed by atoms with E-state index in [-0.39, 0.29) is 11.7 Å². The van der Waals surface area contributed by atoms with Gasteiger partial charge in [-0.3, -0.25) is 4.79 Å². The van der Waals surface area contributed by atoms with Gasteiger partial charge in [0.05, 0.1) is 0 Å². The number of anilines is 1. The molecule has 0 atom stereocenters. The molecule has 0 aliphatic rings. The highest BCUT2D eigenvalue weighted by Crippen LogP contribution is 2.25. The van der Waals surface area contributed by atoms with Gasteiger partial charge in [0.1, 0.15) is 11.3 Å². The lowest BCUT2D eigenvalue weighted by molar-refractivity contribution is -0.114. The average molecular weight is 192 g/mol. The quantitative estimate of drug-likeness (QED) is 0.617. The second-order valence-corrected chi connectivity index (χ2v) is 2.87. The van der Waals surface area contributed by atoms with E-state index in [1.54, 1.807) is 6.07 Å². The van der Waals surface area contributed by atoms with Crippen molar-refractivity contribution in [3.8, 4) is 5.75 Å². The summed E-state index contributed by atoms with van der Waals surface area (Å²) in [5.74, 6) is -0.216. The highest BCUT2D eigenvalue weighted by atomic mass is 16.3. The van der Waals surface area contributed by atoms with E-state index in [1.807, 2.05) is 0 Å². The van der Waals surface area contributed by atoms with E-state index in [9.17, 15) is 9.90 Å². The van der Waals surface area contributed by atoms with Gasteiger partial charge in [0.2, 0.25) is 5.91 Å². The van der Waals surface area contributed by atoms with Crippen LogP contribution in [0.2, 0.25) is 0 Å². The largest absolute Gasteiger partial charge is 0.505 e. The van der Waals surface area contributed by atoms with Crippen molar-refractivity contribution in [1.82, 2.24) is 15.4 Å². The van der Waals surface area contributed by atoms with Gasteiger partial charge in [0, 0.05) is 18.7 Å². The topological polar surface area (TPSA) is 90.9 Å². The number of aromatic hydroxyl groups is 1. The zero-order valence-electron chi connectivity index (χ0n) is 7.40. The predicted molar refractivity (Wildman–Crippen MR) is 49.9 cm³/mol. The van der Waals surface area contributed by atoms with Crippen LogP contribution in [0.3, 0.4) is 0 Å². The lowest BCUT2D eigenvalue weighted by atomic mass is 10.2. The standard InChI is InChI=1S/C8H8N4O2/c1-4(13)9-5-2-6-8(7(14)3-5)11-12-10-6/h2-3,14H,1H3,(H,9,13)(H,10,11,12). The Kier molecular flexibility index (Phi) is 1.81. The molecule has 0 fully saturated rings. The molecule has 14 heavy (non-hydrogen) atoms. The van der Waals surface area contributed by atoms with Crippen molar-refractivity contribution in [3.05, 3.63) is 12.1 Å². The number of hydrogen-bond acceptors (Lipinski definition) is 4. The number of aromatic nitrogens is 3. The van der Waals surface area contributed by atoms with Crippen LogP contribution in [0.15, 0.2) is 12.1 Å². The fourth-order valence-electron chi connectivity index (χ4n) is 1.21. The molecule has 2 aromatic rings. The Labute approximate surface area is 78.9 Å². The van der Waals surface area contributed by atoms with Crippen LogP contribution in [-0.2, 0) is 4.79 Å². The van der Waals surface area contributed by atoms with E-state index in [0.717, 1.165) is 0 Å². The Balaban J connectivity index is 2.53. The Morgan fingerprint density at radius 1 is 1.50 bits per heavy atom. The van der Waals surface area contributed by atoms with Gasteiger partial charge >= 0.3 is 0 Å². The number of aromatic amines is 1. The van der Waals surface area contributed by atoms with Crippen molar-refractivity contribution in [2.75, 3.05) is 5.32 Å². The Bertz CT molecular complexity index is 491. The summed E-state index contributed by atoms with van der Waals surface area (Å²) >= 11 is 0. The lowest BCUT2D eigenvalue weighted by Gasteiger charge is -2.01. The molecule has 1 aromatic heterocycles. The van der Waals surface area contributed by atoms with Gasteiger partial charge in [0.15, 0.2) is 5.52 Å². The number of nitrogens with one attached hydrogen (secondary N) is 2. The molecule has 0 spiro atoms. The van der Waals surface area contributed by atoms with Crippen LogP contribution in [0, 0.1) is 0 Å². The molecule has 0 bridgehead atoms. The first-order valence-electron chi connectivity index (χ1n) is 3.98. The third-order valence-electron chi connectivity index (χ3n) is 1.72. The summed E-state index contributed by atoms with van der Waals surface area (Å²) in [7, 11) is 0. The number of nitrogens with zero attached hydrogens (tertiary/aromatic N) is 2. The predicted octanol–water partition coefficient (Wildman–Crippen LogP) is 0.622. The Hall–Kier alpha value is -2.11. The zero-order chi connectivity index (χ0) is 10.1. The number of carbonyl (C=O) groups excluding carboxylic acids is 1. The summed E-state index contributed by atoms with van der Waals surface area (Å²) < 4.78 is 0. The first-order valence-corrected chi connectivity index (χ1v) is 3.98. The number of benzene rings is 1. The van der Waals surface area contributed by atoms with Gasteiger partial charge in [-0.15, -0.1) is 0 Å². The number of rotatable bonds is 1. The summed E-state index contributed by atoms with van der Waals surface area (Å²) in [6.45, 7) is 1.39. The molecule has 0 saturated carbocycles. The Morgan fingerprint density at radius 3 is 3.00 bits per heavy atom. The van der Waals surface area contributed by atoms with Crippen molar-refractivity contribution < 1.29 is 9.90 Å². The zero-order valence-corrected chi connectivity index (χ0v) is 7.40. The maximum atomic E-state index is 10.8. The SMILES string of the molecule is CC(=O)Nc1cc(O)c2n[nH]nc2c1. The van der Waals surface area contributed by atoms with E-state index in [4.69, 9.17) is 0 Å². The monoisotopic (exact) mass is 192 g/mol. The van der Waals surface area contributed by atoms with E-state index in [0.29, 0.717) is 16.7 Å². The molecule has 0 radical (unpaired) electrons. The van der Waals surface area contributed by atoms with Crippen molar-refractivity contribution in [2.45, 2.75) is 6.92 Å². The van der Waals surface area contributed by atoms with E-state index < -0.39 is 0 Å². The number of hydrogen-bond donors (Lipinski definition) is 3. The molecule has 2 rings (SSSR count). The van der Waals surface area contributed by atoms with Crippen LogP contribution in [0.25, 0.3) is 11.0 Å². The molecule has 1 amide bonds. The highest BCUT2D eigenvalue weighted by molar-refractivity contribution is 5.93. The molecule has 6 heteroatoms. The number of H-pyrrole nitrogens is 1. The van der Waals surface area contributed by atoms with Crippen molar-refractivity contribution in [2.24, 2.45) is 0 Å². The van der Waals surface area contributed by atoms with E-state index in [1.165, 1.54) is 13.0 Å². The van der Waals surface area contributed by atoms with Crippen LogP contribution >= 0.6 is 0 Å². The van der Waals surface area contributed by atoms with Crippen LogP contribution in [0.4, 0.5) is 5.69 Å². The second-order valence-electron chi connectivity index (χ2n) is 2.87. The van der Waals surface area contributed by atoms with Gasteiger partial charge in [0.25, 0.3) is 0 Å². The minimum atomic E-state index is -0.202. The molecule has 1 heterocycles. The van der Waals surface area contributed by atoms with Crippen molar-refractivity contribution in [1.29, 1.82) is 0 Å². The number of carbonyl (C=O) groups is 1. The van der Waals surface area contributed by atoms with Crippen LogP contribution in [-0.4, -0.2) is 26.4 Å². The fourth-order valence-corrected chi connectivity index (χ4v) is 1.21. The molecule has 6 nitrogen and oxygen atoms in total. The van der Waals surface area contributed by atoms with Gasteiger partial charge in [-0.25, -0.2) is 0 Å². The van der Waals surface area contributed by atoms with Gasteiger partial charge < -0.3 is 10.4 Å². The first-order chi connectivity index (χ1) is 6.66. The molecule has 0 aliphatic heterocycles. The molecule has 0 unspecified atom stereocenters. The summed E-state index contributed by atoms with van der Waals surface area (Å²) in [4.78, 5) is 10.8. The summed E-state index contributed by atoms with van der Waals surface area (Å²) in [6, 6.07) is 3.05. The number of phenols is 1. The highest BCUT2D eigenvalue weighted by Gasteiger charge is 2.06. The molecule has 1 aromatic carbocycles. The third-order valence-corrected chi connectivity index (χ3v) is 1.72. The summed E-state index contributed by atoms with van der Waals surface area (Å²) in [5, 5.41) is 22.0. The summed E-state index contributed by atoms with van der Waals surface area (Å²) in [5.41, 5.74) is 1.39. The minimum absolute atomic E-state index is 0.0139.